The summed E-state index contributed by atoms with van der Waals surface area (Å²) in [6.45, 7) is 1.52. The van der Waals surface area contributed by atoms with Gasteiger partial charge in [0, 0.05) is 19.6 Å². The van der Waals surface area contributed by atoms with Gasteiger partial charge >= 0.3 is 5.97 Å². The Balaban J connectivity index is 2.72. The SMILES string of the molecule is CC(NS(=O)(=O)N(C)CCC(=O)O)c1cccc(O)c1. The van der Waals surface area contributed by atoms with Crippen LogP contribution in [-0.4, -0.2) is 42.5 Å². The van der Waals surface area contributed by atoms with Crippen molar-refractivity contribution in [2.24, 2.45) is 0 Å². The molecule has 0 amide bonds. The number of aliphatic carboxylic acids is 1. The Kier molecular flexibility index (Phi) is 5.49. The third-order valence-electron chi connectivity index (χ3n) is 2.75. The van der Waals surface area contributed by atoms with Gasteiger partial charge in [-0.15, -0.1) is 0 Å². The second-order valence-corrected chi connectivity index (χ2v) is 6.21. The maximum absolute atomic E-state index is 12.0. The van der Waals surface area contributed by atoms with E-state index in [2.05, 4.69) is 4.72 Å². The molecule has 0 bridgehead atoms. The van der Waals surface area contributed by atoms with Gasteiger partial charge in [0.05, 0.1) is 6.42 Å². The largest absolute Gasteiger partial charge is 0.508 e. The lowest BCUT2D eigenvalue weighted by Gasteiger charge is -2.20. The van der Waals surface area contributed by atoms with Crippen molar-refractivity contribution in [3.63, 3.8) is 0 Å². The van der Waals surface area contributed by atoms with E-state index in [4.69, 9.17) is 5.11 Å². The van der Waals surface area contributed by atoms with Crippen LogP contribution in [-0.2, 0) is 15.0 Å². The van der Waals surface area contributed by atoms with Crippen LogP contribution in [0.3, 0.4) is 0 Å². The zero-order valence-electron chi connectivity index (χ0n) is 11.3. The lowest BCUT2D eigenvalue weighted by atomic mass is 10.1. The molecule has 0 radical (unpaired) electrons. The summed E-state index contributed by atoms with van der Waals surface area (Å²) in [5, 5.41) is 17.9. The third kappa shape index (κ3) is 4.80. The Hall–Kier alpha value is -1.64. The number of carboxylic acid groups (broad SMARTS) is 1. The summed E-state index contributed by atoms with van der Waals surface area (Å²) in [5.41, 5.74) is 0.611. The van der Waals surface area contributed by atoms with E-state index < -0.39 is 22.2 Å². The Morgan fingerprint density at radius 3 is 2.65 bits per heavy atom. The second kappa shape index (κ2) is 6.69. The molecule has 0 aliphatic carbocycles. The molecule has 0 aliphatic heterocycles. The molecule has 20 heavy (non-hydrogen) atoms. The molecule has 3 N–H and O–H groups in total. The molecular weight excluding hydrogens is 284 g/mol. The maximum Gasteiger partial charge on any atom is 0.304 e. The Bertz CT molecular complexity index is 573. The standard InChI is InChI=1S/C12H18N2O5S/c1-9(10-4-3-5-11(15)8-10)13-20(18,19)14(2)7-6-12(16)17/h3-5,8-9,13,15H,6-7H2,1-2H3,(H,16,17). The molecule has 1 atom stereocenters. The minimum atomic E-state index is -3.78. The highest BCUT2D eigenvalue weighted by Gasteiger charge is 2.21. The molecule has 0 spiro atoms. The lowest BCUT2D eigenvalue weighted by molar-refractivity contribution is -0.137. The zero-order valence-corrected chi connectivity index (χ0v) is 12.1. The van der Waals surface area contributed by atoms with Crippen molar-refractivity contribution >= 4 is 16.2 Å². The first-order valence-electron chi connectivity index (χ1n) is 5.96. The molecule has 1 aromatic rings. The summed E-state index contributed by atoms with van der Waals surface area (Å²) in [6, 6.07) is 5.71. The summed E-state index contributed by atoms with van der Waals surface area (Å²) in [6.07, 6.45) is -0.266. The van der Waals surface area contributed by atoms with E-state index >= 15 is 0 Å². The number of phenols is 1. The van der Waals surface area contributed by atoms with Crippen LogP contribution < -0.4 is 4.72 Å². The summed E-state index contributed by atoms with van der Waals surface area (Å²) in [4.78, 5) is 10.4. The number of aromatic hydroxyl groups is 1. The number of carboxylic acids is 1. The van der Waals surface area contributed by atoms with E-state index in [1.54, 1.807) is 19.1 Å². The van der Waals surface area contributed by atoms with Crippen molar-refractivity contribution in [2.75, 3.05) is 13.6 Å². The molecule has 0 aliphatic rings. The summed E-state index contributed by atoms with van der Waals surface area (Å²) in [7, 11) is -2.47. The van der Waals surface area contributed by atoms with Crippen LogP contribution in [0.25, 0.3) is 0 Å². The summed E-state index contributed by atoms with van der Waals surface area (Å²) < 4.78 is 27.3. The number of nitrogens with one attached hydrogen (secondary N) is 1. The molecule has 1 aromatic carbocycles. The number of rotatable bonds is 7. The normalized spacial score (nSPS) is 13.3. The average molecular weight is 302 g/mol. The van der Waals surface area contributed by atoms with Gasteiger partial charge in [-0.2, -0.15) is 17.4 Å². The van der Waals surface area contributed by atoms with Gasteiger partial charge in [0.2, 0.25) is 0 Å². The van der Waals surface area contributed by atoms with Crippen LogP contribution in [0.5, 0.6) is 5.75 Å². The molecule has 0 heterocycles. The highest BCUT2D eigenvalue weighted by atomic mass is 32.2. The zero-order chi connectivity index (χ0) is 15.3. The fraction of sp³-hybridized carbons (Fsp3) is 0.417. The monoisotopic (exact) mass is 302 g/mol. The minimum absolute atomic E-state index is 0.0489. The van der Waals surface area contributed by atoms with Gasteiger partial charge in [-0.05, 0) is 24.6 Å². The van der Waals surface area contributed by atoms with Crippen molar-refractivity contribution in [3.05, 3.63) is 29.8 Å². The number of phenolic OH excluding ortho intramolecular Hbond substituents is 1. The number of carbonyl (C=O) groups is 1. The molecule has 0 aromatic heterocycles. The van der Waals surface area contributed by atoms with Gasteiger partial charge in [-0.3, -0.25) is 4.79 Å². The van der Waals surface area contributed by atoms with Gasteiger partial charge in [0.15, 0.2) is 0 Å². The Morgan fingerprint density at radius 1 is 1.45 bits per heavy atom. The highest BCUT2D eigenvalue weighted by Crippen LogP contribution is 2.18. The van der Waals surface area contributed by atoms with Crippen LogP contribution in [0.2, 0.25) is 0 Å². The Morgan fingerprint density at radius 2 is 2.10 bits per heavy atom. The topological polar surface area (TPSA) is 107 Å². The Labute approximate surface area is 118 Å². The molecular formula is C12H18N2O5S. The van der Waals surface area contributed by atoms with Crippen molar-refractivity contribution in [2.45, 2.75) is 19.4 Å². The fourth-order valence-corrected chi connectivity index (χ4v) is 2.64. The molecule has 7 nitrogen and oxygen atoms in total. The summed E-state index contributed by atoms with van der Waals surface area (Å²) in [5.74, 6) is -1.01. The molecule has 0 fully saturated rings. The predicted octanol–water partition coefficient (Wildman–Crippen LogP) is 0.694. The number of hydrogen-bond donors (Lipinski definition) is 3. The number of nitrogens with zero attached hydrogens (tertiary/aromatic N) is 1. The summed E-state index contributed by atoms with van der Waals surface area (Å²) >= 11 is 0. The second-order valence-electron chi connectivity index (χ2n) is 4.40. The predicted molar refractivity (Wildman–Crippen MR) is 73.5 cm³/mol. The van der Waals surface area contributed by atoms with Gasteiger partial charge < -0.3 is 10.2 Å². The lowest BCUT2D eigenvalue weighted by Crippen LogP contribution is -2.40. The molecule has 112 valence electrons. The van der Waals surface area contributed by atoms with Crippen molar-refractivity contribution in [3.8, 4) is 5.75 Å². The van der Waals surface area contributed by atoms with Crippen LogP contribution in [0, 0.1) is 0 Å². The van der Waals surface area contributed by atoms with Crippen LogP contribution in [0.15, 0.2) is 24.3 Å². The quantitative estimate of drug-likeness (QED) is 0.687. The van der Waals surface area contributed by atoms with E-state index in [1.807, 2.05) is 0 Å². The van der Waals surface area contributed by atoms with Crippen molar-refractivity contribution in [1.82, 2.24) is 9.03 Å². The third-order valence-corrected chi connectivity index (χ3v) is 4.40. The van der Waals surface area contributed by atoms with E-state index in [-0.39, 0.29) is 18.7 Å². The first-order valence-corrected chi connectivity index (χ1v) is 7.40. The fourth-order valence-electron chi connectivity index (χ4n) is 1.55. The van der Waals surface area contributed by atoms with Crippen molar-refractivity contribution in [1.29, 1.82) is 0 Å². The smallest absolute Gasteiger partial charge is 0.304 e. The molecule has 8 heteroatoms. The first-order chi connectivity index (χ1) is 9.22. The number of hydrogen-bond acceptors (Lipinski definition) is 4. The molecule has 0 saturated carbocycles. The first kappa shape index (κ1) is 16.4. The van der Waals surface area contributed by atoms with E-state index in [1.165, 1.54) is 19.2 Å². The van der Waals surface area contributed by atoms with Crippen LogP contribution >= 0.6 is 0 Å². The van der Waals surface area contributed by atoms with E-state index in [9.17, 15) is 18.3 Å². The van der Waals surface area contributed by atoms with E-state index in [0.717, 1.165) is 4.31 Å². The van der Waals surface area contributed by atoms with Gasteiger partial charge in [0.1, 0.15) is 5.75 Å². The van der Waals surface area contributed by atoms with Crippen LogP contribution in [0.4, 0.5) is 0 Å². The van der Waals surface area contributed by atoms with Gasteiger partial charge in [0.25, 0.3) is 10.2 Å². The maximum atomic E-state index is 12.0. The van der Waals surface area contributed by atoms with Crippen LogP contribution in [0.1, 0.15) is 24.9 Å². The van der Waals surface area contributed by atoms with Crippen molar-refractivity contribution < 1.29 is 23.4 Å². The van der Waals surface area contributed by atoms with Gasteiger partial charge in [-0.25, -0.2) is 0 Å². The van der Waals surface area contributed by atoms with Gasteiger partial charge in [-0.1, -0.05) is 12.1 Å². The molecule has 1 rings (SSSR count). The highest BCUT2D eigenvalue weighted by molar-refractivity contribution is 7.87. The minimum Gasteiger partial charge on any atom is -0.508 e. The molecule has 0 saturated heterocycles. The molecule has 1 unspecified atom stereocenters. The average Bonchev–Trinajstić information content (AvgIpc) is 2.35. The number of benzene rings is 1. The van der Waals surface area contributed by atoms with E-state index in [0.29, 0.717) is 5.56 Å².